The Labute approximate surface area is 143 Å². The molecular weight excluding hydrogens is 322 g/mol. The molecule has 0 aliphatic rings. The van der Waals surface area contributed by atoms with Crippen molar-refractivity contribution in [2.24, 2.45) is 5.73 Å². The fourth-order valence-corrected chi connectivity index (χ4v) is 2.49. The monoisotopic (exact) mass is 337 g/mol. The molecule has 0 fully saturated rings. The number of anilines is 1. The zero-order valence-electron chi connectivity index (χ0n) is 13.1. The van der Waals surface area contributed by atoms with Crippen molar-refractivity contribution in [2.45, 2.75) is 6.54 Å². The normalized spacial score (nSPS) is 10.4. The molecule has 0 aliphatic carbocycles. The summed E-state index contributed by atoms with van der Waals surface area (Å²) in [4.78, 5) is 26.0. The SMILES string of the molecule is NC(=O)c1ccc(NCc2ccccc2-n2ccnc2)c([N+](=O)[O-])c1. The highest BCUT2D eigenvalue weighted by Gasteiger charge is 2.16. The third-order valence-corrected chi connectivity index (χ3v) is 3.72. The minimum Gasteiger partial charge on any atom is -0.375 e. The van der Waals surface area contributed by atoms with Gasteiger partial charge in [0, 0.05) is 30.6 Å². The van der Waals surface area contributed by atoms with Gasteiger partial charge in [-0.2, -0.15) is 0 Å². The van der Waals surface area contributed by atoms with Crippen LogP contribution in [0.15, 0.2) is 61.2 Å². The van der Waals surface area contributed by atoms with Gasteiger partial charge in [0.2, 0.25) is 5.91 Å². The zero-order chi connectivity index (χ0) is 17.8. The number of hydrogen-bond acceptors (Lipinski definition) is 5. The summed E-state index contributed by atoms with van der Waals surface area (Å²) in [6, 6.07) is 11.8. The van der Waals surface area contributed by atoms with Gasteiger partial charge in [-0.15, -0.1) is 0 Å². The standard InChI is InChI=1S/C17H15N5O3/c18-17(23)12-5-6-14(16(9-12)22(24)25)20-10-13-3-1-2-4-15(13)21-8-7-19-11-21/h1-9,11,20H,10H2,(H2,18,23). The van der Waals surface area contributed by atoms with Gasteiger partial charge < -0.3 is 15.6 Å². The number of primary amides is 1. The maximum atomic E-state index is 11.3. The Hall–Kier alpha value is -3.68. The molecule has 25 heavy (non-hydrogen) atoms. The lowest BCUT2D eigenvalue weighted by Gasteiger charge is -2.12. The van der Waals surface area contributed by atoms with Gasteiger partial charge in [-0.3, -0.25) is 14.9 Å². The van der Waals surface area contributed by atoms with Crippen LogP contribution in [0.25, 0.3) is 5.69 Å². The maximum Gasteiger partial charge on any atom is 0.293 e. The molecule has 2 aromatic carbocycles. The van der Waals surface area contributed by atoms with E-state index in [2.05, 4.69) is 10.3 Å². The molecule has 1 aromatic heterocycles. The first-order valence-electron chi connectivity index (χ1n) is 7.44. The van der Waals surface area contributed by atoms with Gasteiger partial charge >= 0.3 is 0 Å². The molecule has 3 aromatic rings. The molecule has 0 bridgehead atoms. The quantitative estimate of drug-likeness (QED) is 0.529. The number of nitrogens with zero attached hydrogens (tertiary/aromatic N) is 3. The number of hydrogen-bond donors (Lipinski definition) is 2. The molecular formula is C17H15N5O3. The highest BCUT2D eigenvalue weighted by atomic mass is 16.6. The van der Waals surface area contributed by atoms with Crippen LogP contribution in [0.1, 0.15) is 15.9 Å². The van der Waals surface area contributed by atoms with Crippen LogP contribution in [0.3, 0.4) is 0 Å². The molecule has 0 aliphatic heterocycles. The Bertz CT molecular complexity index is 922. The topological polar surface area (TPSA) is 116 Å². The van der Waals surface area contributed by atoms with Crippen LogP contribution in [0, 0.1) is 10.1 Å². The van der Waals surface area contributed by atoms with Crippen LogP contribution in [0.5, 0.6) is 0 Å². The van der Waals surface area contributed by atoms with Gasteiger partial charge in [0.15, 0.2) is 0 Å². The van der Waals surface area contributed by atoms with Crippen molar-refractivity contribution < 1.29 is 9.72 Å². The summed E-state index contributed by atoms with van der Waals surface area (Å²) < 4.78 is 1.86. The summed E-state index contributed by atoms with van der Waals surface area (Å²) in [5.74, 6) is -0.708. The maximum absolute atomic E-state index is 11.3. The number of carbonyl (C=O) groups is 1. The van der Waals surface area contributed by atoms with Gasteiger partial charge in [-0.1, -0.05) is 18.2 Å². The smallest absolute Gasteiger partial charge is 0.293 e. The molecule has 0 saturated carbocycles. The third kappa shape index (κ3) is 3.47. The van der Waals surface area contributed by atoms with E-state index in [-0.39, 0.29) is 11.3 Å². The predicted molar refractivity (Wildman–Crippen MR) is 92.5 cm³/mol. The first-order chi connectivity index (χ1) is 12.1. The van der Waals surface area contributed by atoms with E-state index in [1.165, 1.54) is 18.2 Å². The van der Waals surface area contributed by atoms with E-state index in [0.717, 1.165) is 11.3 Å². The molecule has 0 spiro atoms. The Morgan fingerprint density at radius 1 is 1.28 bits per heavy atom. The summed E-state index contributed by atoms with van der Waals surface area (Å²) in [7, 11) is 0. The molecule has 1 amide bonds. The average Bonchev–Trinajstić information content (AvgIpc) is 3.14. The predicted octanol–water partition coefficient (Wildman–Crippen LogP) is 2.49. The number of carbonyl (C=O) groups excluding carboxylic acids is 1. The number of rotatable bonds is 6. The van der Waals surface area contributed by atoms with Crippen molar-refractivity contribution in [1.82, 2.24) is 9.55 Å². The minimum atomic E-state index is -0.708. The number of nitro groups is 1. The summed E-state index contributed by atoms with van der Waals surface area (Å²) in [6.07, 6.45) is 5.18. The van der Waals surface area contributed by atoms with E-state index >= 15 is 0 Å². The number of imidazole rings is 1. The van der Waals surface area contributed by atoms with Crippen LogP contribution in [-0.2, 0) is 6.54 Å². The van der Waals surface area contributed by atoms with E-state index in [0.29, 0.717) is 12.2 Å². The number of para-hydroxylation sites is 1. The van der Waals surface area contributed by atoms with Gasteiger partial charge in [0.25, 0.3) is 5.69 Å². The van der Waals surface area contributed by atoms with Gasteiger partial charge in [0.1, 0.15) is 5.69 Å². The first kappa shape index (κ1) is 16.2. The second kappa shape index (κ2) is 6.83. The van der Waals surface area contributed by atoms with Crippen molar-refractivity contribution in [2.75, 3.05) is 5.32 Å². The molecule has 3 rings (SSSR count). The van der Waals surface area contributed by atoms with Gasteiger partial charge in [0.05, 0.1) is 16.9 Å². The Morgan fingerprint density at radius 3 is 2.76 bits per heavy atom. The Kier molecular flexibility index (Phi) is 4.42. The number of nitro benzene ring substituents is 1. The highest BCUT2D eigenvalue weighted by Crippen LogP contribution is 2.26. The van der Waals surface area contributed by atoms with Gasteiger partial charge in [-0.25, -0.2) is 4.98 Å². The third-order valence-electron chi connectivity index (χ3n) is 3.72. The van der Waals surface area contributed by atoms with E-state index in [4.69, 9.17) is 5.73 Å². The van der Waals surface area contributed by atoms with Crippen molar-refractivity contribution in [3.8, 4) is 5.69 Å². The van der Waals surface area contributed by atoms with Crippen LogP contribution in [0.2, 0.25) is 0 Å². The van der Waals surface area contributed by atoms with E-state index in [1.54, 1.807) is 12.5 Å². The lowest BCUT2D eigenvalue weighted by atomic mass is 10.1. The lowest BCUT2D eigenvalue weighted by molar-refractivity contribution is -0.384. The molecule has 0 unspecified atom stereocenters. The molecule has 3 N–H and O–H groups in total. The molecule has 0 radical (unpaired) electrons. The Morgan fingerprint density at radius 2 is 2.08 bits per heavy atom. The molecule has 8 heteroatoms. The van der Waals surface area contributed by atoms with Crippen LogP contribution in [0.4, 0.5) is 11.4 Å². The average molecular weight is 337 g/mol. The number of nitrogens with one attached hydrogen (secondary N) is 1. The Balaban J connectivity index is 1.88. The highest BCUT2D eigenvalue weighted by molar-refractivity contribution is 5.94. The number of benzene rings is 2. The summed E-state index contributed by atoms with van der Waals surface area (Å²) in [6.45, 7) is 0.366. The largest absolute Gasteiger partial charge is 0.375 e. The van der Waals surface area contributed by atoms with Gasteiger partial charge in [-0.05, 0) is 23.8 Å². The first-order valence-corrected chi connectivity index (χ1v) is 7.44. The van der Waals surface area contributed by atoms with E-state index < -0.39 is 10.8 Å². The molecule has 8 nitrogen and oxygen atoms in total. The minimum absolute atomic E-state index is 0.0936. The lowest BCUT2D eigenvalue weighted by Crippen LogP contribution is -2.12. The fraction of sp³-hybridized carbons (Fsp3) is 0.0588. The van der Waals surface area contributed by atoms with Crippen molar-refractivity contribution in [3.63, 3.8) is 0 Å². The van der Waals surface area contributed by atoms with Crippen LogP contribution >= 0.6 is 0 Å². The molecule has 0 atom stereocenters. The number of aromatic nitrogens is 2. The van der Waals surface area contributed by atoms with Crippen molar-refractivity contribution >= 4 is 17.3 Å². The summed E-state index contributed by atoms with van der Waals surface area (Å²) in [5.41, 5.74) is 7.25. The number of amides is 1. The molecule has 126 valence electrons. The van der Waals surface area contributed by atoms with Crippen LogP contribution < -0.4 is 11.1 Å². The number of nitrogens with two attached hydrogens (primary N) is 1. The second-order valence-corrected chi connectivity index (χ2v) is 5.31. The fourth-order valence-electron chi connectivity index (χ4n) is 2.49. The zero-order valence-corrected chi connectivity index (χ0v) is 13.1. The molecule has 1 heterocycles. The van der Waals surface area contributed by atoms with Crippen molar-refractivity contribution in [3.05, 3.63) is 82.4 Å². The molecule has 0 saturated heterocycles. The van der Waals surface area contributed by atoms with Crippen LogP contribution in [-0.4, -0.2) is 20.4 Å². The summed E-state index contributed by atoms with van der Waals surface area (Å²) >= 11 is 0. The second-order valence-electron chi connectivity index (χ2n) is 5.31. The van der Waals surface area contributed by atoms with E-state index in [1.807, 2.05) is 35.0 Å². The van der Waals surface area contributed by atoms with Crippen molar-refractivity contribution in [1.29, 1.82) is 0 Å². The summed E-state index contributed by atoms with van der Waals surface area (Å²) in [5, 5.41) is 14.3. The van der Waals surface area contributed by atoms with E-state index in [9.17, 15) is 14.9 Å².